The van der Waals surface area contributed by atoms with Crippen LogP contribution in [0.4, 0.5) is 5.69 Å². The minimum atomic E-state index is 0.231. The maximum atomic E-state index is 3.55. The minimum absolute atomic E-state index is 0.231. The smallest absolute Gasteiger partial charge is 0.0411 e. The summed E-state index contributed by atoms with van der Waals surface area (Å²) in [6, 6.07) is 5.42. The van der Waals surface area contributed by atoms with Crippen LogP contribution in [0.1, 0.15) is 77.0 Å². The number of hydrogen-bond acceptors (Lipinski definition) is 2. The van der Waals surface area contributed by atoms with Crippen LogP contribution in [0.2, 0.25) is 0 Å². The number of anilines is 1. The summed E-state index contributed by atoms with van der Waals surface area (Å²) in [5.41, 5.74) is 6.09. The van der Waals surface area contributed by atoms with E-state index in [0.29, 0.717) is 12.0 Å². The van der Waals surface area contributed by atoms with Crippen LogP contribution < -0.4 is 10.2 Å². The average molecular weight is 303 g/mol. The molecule has 2 heteroatoms. The van der Waals surface area contributed by atoms with E-state index in [1.165, 1.54) is 35.2 Å². The van der Waals surface area contributed by atoms with Crippen molar-refractivity contribution in [1.82, 2.24) is 5.32 Å². The molecular weight excluding hydrogens is 268 g/mol. The number of rotatable bonds is 5. The van der Waals surface area contributed by atoms with Crippen molar-refractivity contribution in [2.24, 2.45) is 0 Å². The lowest BCUT2D eigenvalue weighted by atomic mass is 9.78. The van der Waals surface area contributed by atoms with Crippen LogP contribution in [0.25, 0.3) is 0 Å². The molecule has 22 heavy (non-hydrogen) atoms. The Balaban J connectivity index is 2.42. The van der Waals surface area contributed by atoms with E-state index in [4.69, 9.17) is 0 Å². The van der Waals surface area contributed by atoms with Gasteiger partial charge in [-0.25, -0.2) is 0 Å². The Morgan fingerprint density at radius 2 is 2.00 bits per heavy atom. The van der Waals surface area contributed by atoms with Crippen LogP contribution >= 0.6 is 0 Å². The van der Waals surface area contributed by atoms with Gasteiger partial charge in [0, 0.05) is 23.8 Å². The maximum absolute atomic E-state index is 3.55. The second-order valence-corrected chi connectivity index (χ2v) is 7.90. The molecule has 0 bridgehead atoms. The van der Waals surface area contributed by atoms with Crippen molar-refractivity contribution in [2.45, 2.75) is 85.4 Å². The SMILES string of the molecule is CCCNCc1cc2c(cc1C)N(C(C)C)C(C)(C)C[C@@H]2C. The van der Waals surface area contributed by atoms with Crippen LogP contribution in [0.3, 0.4) is 0 Å². The van der Waals surface area contributed by atoms with Crippen molar-refractivity contribution < 1.29 is 0 Å². The van der Waals surface area contributed by atoms with Crippen molar-refractivity contribution in [1.29, 1.82) is 0 Å². The Hall–Kier alpha value is -1.02. The van der Waals surface area contributed by atoms with E-state index in [2.05, 4.69) is 70.8 Å². The Bertz CT molecular complexity index is 517. The number of benzene rings is 1. The summed E-state index contributed by atoms with van der Waals surface area (Å²) < 4.78 is 0. The number of hydrogen-bond donors (Lipinski definition) is 1. The van der Waals surface area contributed by atoms with Crippen molar-refractivity contribution in [3.8, 4) is 0 Å². The van der Waals surface area contributed by atoms with Gasteiger partial charge in [0.25, 0.3) is 0 Å². The van der Waals surface area contributed by atoms with Crippen molar-refractivity contribution >= 4 is 5.69 Å². The van der Waals surface area contributed by atoms with Crippen LogP contribution in [-0.4, -0.2) is 18.1 Å². The fraction of sp³-hybridized carbons (Fsp3) is 0.700. The summed E-state index contributed by atoms with van der Waals surface area (Å²) in [4.78, 5) is 2.62. The van der Waals surface area contributed by atoms with Crippen molar-refractivity contribution in [3.63, 3.8) is 0 Å². The molecule has 0 spiro atoms. The molecule has 1 aliphatic rings. The number of nitrogens with one attached hydrogen (secondary N) is 1. The zero-order valence-electron chi connectivity index (χ0n) is 15.6. The van der Waals surface area contributed by atoms with Gasteiger partial charge in [-0.05, 0) is 82.7 Å². The van der Waals surface area contributed by atoms with Gasteiger partial charge < -0.3 is 10.2 Å². The van der Waals surface area contributed by atoms with Gasteiger partial charge >= 0.3 is 0 Å². The molecule has 0 aromatic heterocycles. The normalized spacial score (nSPS) is 20.4. The molecule has 1 N–H and O–H groups in total. The van der Waals surface area contributed by atoms with Gasteiger partial charge in [-0.3, -0.25) is 0 Å². The molecule has 0 radical (unpaired) electrons. The van der Waals surface area contributed by atoms with Crippen molar-refractivity contribution in [2.75, 3.05) is 11.4 Å². The van der Waals surface area contributed by atoms with Crippen LogP contribution in [-0.2, 0) is 6.54 Å². The third-order valence-corrected chi connectivity index (χ3v) is 4.99. The molecule has 2 nitrogen and oxygen atoms in total. The summed E-state index contributed by atoms with van der Waals surface area (Å²) in [5.74, 6) is 0.630. The second kappa shape index (κ2) is 6.62. The summed E-state index contributed by atoms with van der Waals surface area (Å²) in [6.45, 7) is 18.3. The Morgan fingerprint density at radius 3 is 2.59 bits per heavy atom. The monoisotopic (exact) mass is 302 g/mol. The fourth-order valence-electron chi connectivity index (χ4n) is 4.21. The van der Waals surface area contributed by atoms with E-state index in [0.717, 1.165) is 13.1 Å². The molecule has 0 amide bonds. The van der Waals surface area contributed by atoms with E-state index < -0.39 is 0 Å². The van der Waals surface area contributed by atoms with E-state index in [1.807, 2.05) is 0 Å². The Morgan fingerprint density at radius 1 is 1.32 bits per heavy atom. The number of aryl methyl sites for hydroxylation is 1. The number of fused-ring (bicyclic) bond motifs is 1. The standard InChI is InChI=1S/C20H34N2/c1-8-9-21-13-17-11-18-16(5)12-20(6,7)22(14(2)3)19(18)10-15(17)4/h10-11,14,16,21H,8-9,12-13H2,1-7H3/t16-/m0/s1. The first-order valence-corrected chi connectivity index (χ1v) is 8.91. The first-order valence-electron chi connectivity index (χ1n) is 8.91. The average Bonchev–Trinajstić information content (AvgIpc) is 2.38. The van der Waals surface area contributed by atoms with Gasteiger partial charge in [0.2, 0.25) is 0 Å². The van der Waals surface area contributed by atoms with Gasteiger partial charge in [-0.1, -0.05) is 19.9 Å². The summed E-state index contributed by atoms with van der Waals surface area (Å²) >= 11 is 0. The molecule has 1 aromatic rings. The maximum Gasteiger partial charge on any atom is 0.0411 e. The Labute approximate surface area is 137 Å². The highest BCUT2D eigenvalue weighted by Gasteiger charge is 2.37. The molecular formula is C20H34N2. The Kier molecular flexibility index (Phi) is 5.21. The predicted molar refractivity (Wildman–Crippen MR) is 97.9 cm³/mol. The highest BCUT2D eigenvalue weighted by Crippen LogP contribution is 2.45. The molecule has 1 aromatic carbocycles. The predicted octanol–water partition coefficient (Wildman–Crippen LogP) is 5.00. The van der Waals surface area contributed by atoms with Crippen LogP contribution in [0, 0.1) is 6.92 Å². The molecule has 1 aliphatic heterocycles. The lowest BCUT2D eigenvalue weighted by molar-refractivity contribution is 0.355. The number of nitrogens with zero attached hydrogens (tertiary/aromatic N) is 1. The molecule has 0 fully saturated rings. The lowest BCUT2D eigenvalue weighted by Crippen LogP contribution is -2.51. The highest BCUT2D eigenvalue weighted by molar-refractivity contribution is 5.63. The fourth-order valence-corrected chi connectivity index (χ4v) is 4.21. The van der Waals surface area contributed by atoms with Crippen molar-refractivity contribution in [3.05, 3.63) is 28.8 Å². The largest absolute Gasteiger partial charge is 0.364 e. The summed E-state index contributed by atoms with van der Waals surface area (Å²) in [7, 11) is 0. The zero-order chi connectivity index (χ0) is 16.5. The lowest BCUT2D eigenvalue weighted by Gasteiger charge is -2.50. The highest BCUT2D eigenvalue weighted by atomic mass is 15.2. The third kappa shape index (κ3) is 3.32. The van der Waals surface area contributed by atoms with Crippen LogP contribution in [0.15, 0.2) is 12.1 Å². The van der Waals surface area contributed by atoms with Gasteiger partial charge in [0.15, 0.2) is 0 Å². The van der Waals surface area contributed by atoms with Crippen LogP contribution in [0.5, 0.6) is 0 Å². The van der Waals surface area contributed by atoms with Gasteiger partial charge in [0.05, 0.1) is 0 Å². The first kappa shape index (κ1) is 17.3. The van der Waals surface area contributed by atoms with E-state index in [-0.39, 0.29) is 5.54 Å². The van der Waals surface area contributed by atoms with E-state index in [9.17, 15) is 0 Å². The van der Waals surface area contributed by atoms with E-state index in [1.54, 1.807) is 0 Å². The summed E-state index contributed by atoms with van der Waals surface area (Å²) in [6.07, 6.45) is 2.42. The molecule has 2 rings (SSSR count). The third-order valence-electron chi connectivity index (χ3n) is 4.99. The molecule has 0 unspecified atom stereocenters. The van der Waals surface area contributed by atoms with Gasteiger partial charge in [0.1, 0.15) is 0 Å². The van der Waals surface area contributed by atoms with E-state index >= 15 is 0 Å². The molecule has 1 heterocycles. The zero-order valence-corrected chi connectivity index (χ0v) is 15.6. The van der Waals surface area contributed by atoms with Gasteiger partial charge in [-0.2, -0.15) is 0 Å². The molecule has 124 valence electrons. The minimum Gasteiger partial charge on any atom is -0.364 e. The molecule has 0 saturated carbocycles. The topological polar surface area (TPSA) is 15.3 Å². The second-order valence-electron chi connectivity index (χ2n) is 7.90. The molecule has 1 atom stereocenters. The molecule has 0 aliphatic carbocycles. The molecule has 0 saturated heterocycles. The quantitative estimate of drug-likeness (QED) is 0.770. The summed E-state index contributed by atoms with van der Waals surface area (Å²) in [5, 5.41) is 3.55. The van der Waals surface area contributed by atoms with Gasteiger partial charge in [-0.15, -0.1) is 0 Å². The first-order chi connectivity index (χ1) is 10.3.